The van der Waals surface area contributed by atoms with Crippen LogP contribution in [-0.4, -0.2) is 25.2 Å². The second-order valence-electron chi connectivity index (χ2n) is 5.75. The molecule has 5 heteroatoms. The Kier molecular flexibility index (Phi) is 4.88. The van der Waals surface area contributed by atoms with Gasteiger partial charge in [0.25, 0.3) is 5.91 Å². The van der Waals surface area contributed by atoms with Gasteiger partial charge in [0, 0.05) is 24.8 Å². The van der Waals surface area contributed by atoms with Crippen molar-refractivity contribution in [2.24, 2.45) is 0 Å². The van der Waals surface area contributed by atoms with Gasteiger partial charge in [0.15, 0.2) is 0 Å². The van der Waals surface area contributed by atoms with E-state index in [1.807, 2.05) is 12.1 Å². The average Bonchev–Trinajstić information content (AvgIpc) is 2.63. The third-order valence-electron chi connectivity index (χ3n) is 4.10. The predicted octanol–water partition coefficient (Wildman–Crippen LogP) is 3.27. The lowest BCUT2D eigenvalue weighted by Crippen LogP contribution is -2.38. The molecule has 0 saturated carbocycles. The van der Waals surface area contributed by atoms with Crippen LogP contribution in [0.4, 0.5) is 4.39 Å². The Balaban J connectivity index is 1.81. The van der Waals surface area contributed by atoms with Crippen molar-refractivity contribution in [1.29, 1.82) is 5.26 Å². The molecule has 3 rings (SSSR count). The van der Waals surface area contributed by atoms with Crippen molar-refractivity contribution in [2.45, 2.75) is 18.9 Å². The van der Waals surface area contributed by atoms with E-state index in [1.165, 1.54) is 12.1 Å². The van der Waals surface area contributed by atoms with E-state index in [2.05, 4.69) is 5.32 Å². The van der Waals surface area contributed by atoms with Crippen molar-refractivity contribution in [3.63, 3.8) is 0 Å². The topological polar surface area (TPSA) is 62.1 Å². The van der Waals surface area contributed by atoms with Crippen LogP contribution in [0, 0.1) is 17.1 Å². The van der Waals surface area contributed by atoms with Gasteiger partial charge in [-0.25, -0.2) is 4.39 Å². The van der Waals surface area contributed by atoms with E-state index in [4.69, 9.17) is 10.00 Å². The van der Waals surface area contributed by atoms with Crippen LogP contribution in [0.1, 0.15) is 28.8 Å². The number of halogens is 1. The van der Waals surface area contributed by atoms with Crippen molar-refractivity contribution >= 4 is 5.91 Å². The fraction of sp³-hybridized carbons (Fsp3) is 0.263. The number of hydrogen-bond donors (Lipinski definition) is 1. The Morgan fingerprint density at radius 2 is 1.92 bits per heavy atom. The number of amides is 1. The summed E-state index contributed by atoms with van der Waals surface area (Å²) in [5.74, 6) is -0.680. The van der Waals surface area contributed by atoms with Gasteiger partial charge in [-0.3, -0.25) is 4.79 Å². The van der Waals surface area contributed by atoms with Crippen molar-refractivity contribution in [1.82, 2.24) is 5.32 Å². The Morgan fingerprint density at radius 3 is 2.67 bits per heavy atom. The third kappa shape index (κ3) is 3.61. The fourth-order valence-corrected chi connectivity index (χ4v) is 2.74. The van der Waals surface area contributed by atoms with Gasteiger partial charge in [0.05, 0.1) is 5.56 Å². The molecule has 1 saturated heterocycles. The van der Waals surface area contributed by atoms with Gasteiger partial charge in [-0.2, -0.15) is 5.26 Å². The molecule has 1 heterocycles. The first-order valence-electron chi connectivity index (χ1n) is 7.86. The van der Waals surface area contributed by atoms with E-state index in [1.54, 1.807) is 24.3 Å². The Morgan fingerprint density at radius 1 is 1.17 bits per heavy atom. The molecule has 1 fully saturated rings. The summed E-state index contributed by atoms with van der Waals surface area (Å²) in [5.41, 5.74) is 2.01. The number of carbonyl (C=O) groups excluding carboxylic acids is 1. The van der Waals surface area contributed by atoms with Crippen LogP contribution in [0.25, 0.3) is 11.1 Å². The maximum atomic E-state index is 13.5. The zero-order valence-corrected chi connectivity index (χ0v) is 13.1. The molecular formula is C19H17FN2O2. The first-order valence-corrected chi connectivity index (χ1v) is 7.86. The molecule has 2 aromatic rings. The van der Waals surface area contributed by atoms with Gasteiger partial charge < -0.3 is 10.1 Å². The Labute approximate surface area is 139 Å². The Bertz CT molecular complexity index is 792. The molecule has 0 spiro atoms. The van der Waals surface area contributed by atoms with Crippen molar-refractivity contribution in [3.8, 4) is 17.2 Å². The molecule has 1 aliphatic rings. The summed E-state index contributed by atoms with van der Waals surface area (Å²) < 4.78 is 18.7. The molecule has 0 aromatic heterocycles. The van der Waals surface area contributed by atoms with Crippen LogP contribution in [-0.2, 0) is 4.74 Å². The number of hydrogen-bond acceptors (Lipinski definition) is 3. The number of nitrogens with zero attached hydrogens (tertiary/aromatic N) is 1. The zero-order valence-electron chi connectivity index (χ0n) is 13.1. The minimum Gasteiger partial charge on any atom is -0.381 e. The summed E-state index contributed by atoms with van der Waals surface area (Å²) in [4.78, 5) is 12.4. The zero-order chi connectivity index (χ0) is 16.9. The van der Waals surface area contributed by atoms with Crippen LogP contribution < -0.4 is 5.32 Å². The summed E-state index contributed by atoms with van der Waals surface area (Å²) in [5, 5.41) is 12.0. The van der Waals surface area contributed by atoms with E-state index in [0.29, 0.717) is 24.3 Å². The van der Waals surface area contributed by atoms with Crippen LogP contribution in [0.5, 0.6) is 0 Å². The SMILES string of the molecule is N#Cc1cc(-c2cccc(C(=O)NC3CCOCC3)c2)ccc1F. The molecule has 24 heavy (non-hydrogen) atoms. The molecule has 0 bridgehead atoms. The third-order valence-corrected chi connectivity index (χ3v) is 4.10. The molecule has 1 aliphatic heterocycles. The van der Waals surface area contributed by atoms with E-state index >= 15 is 0 Å². The van der Waals surface area contributed by atoms with E-state index < -0.39 is 5.82 Å². The fourth-order valence-electron chi connectivity index (χ4n) is 2.74. The van der Waals surface area contributed by atoms with Gasteiger partial charge in [-0.05, 0) is 48.2 Å². The highest BCUT2D eigenvalue weighted by atomic mass is 19.1. The highest BCUT2D eigenvalue weighted by Crippen LogP contribution is 2.23. The molecular weight excluding hydrogens is 307 g/mol. The maximum Gasteiger partial charge on any atom is 0.251 e. The molecule has 0 radical (unpaired) electrons. The van der Waals surface area contributed by atoms with Gasteiger partial charge in [-0.15, -0.1) is 0 Å². The second kappa shape index (κ2) is 7.24. The quantitative estimate of drug-likeness (QED) is 0.942. The number of carbonyl (C=O) groups is 1. The molecule has 0 aliphatic carbocycles. The Hall–Kier alpha value is -2.71. The first-order chi connectivity index (χ1) is 11.7. The number of nitrogens with one attached hydrogen (secondary N) is 1. The second-order valence-corrected chi connectivity index (χ2v) is 5.75. The summed E-state index contributed by atoms with van der Waals surface area (Å²) in [6.45, 7) is 1.33. The molecule has 122 valence electrons. The number of ether oxygens (including phenoxy) is 1. The van der Waals surface area contributed by atoms with Crippen molar-refractivity contribution in [2.75, 3.05) is 13.2 Å². The highest BCUT2D eigenvalue weighted by Gasteiger charge is 2.17. The van der Waals surface area contributed by atoms with E-state index in [9.17, 15) is 9.18 Å². The standard InChI is InChI=1S/C19H17FN2O2/c20-18-5-4-14(11-16(18)12-21)13-2-1-3-15(10-13)19(23)22-17-6-8-24-9-7-17/h1-5,10-11,17H,6-9H2,(H,22,23). The lowest BCUT2D eigenvalue weighted by molar-refractivity contribution is 0.0696. The van der Waals surface area contributed by atoms with Crippen molar-refractivity contribution < 1.29 is 13.9 Å². The summed E-state index contributed by atoms with van der Waals surface area (Å²) in [6.07, 6.45) is 1.63. The number of benzene rings is 2. The minimum absolute atomic E-state index is 0.00967. The predicted molar refractivity (Wildman–Crippen MR) is 87.9 cm³/mol. The monoisotopic (exact) mass is 324 g/mol. The lowest BCUT2D eigenvalue weighted by Gasteiger charge is -2.23. The highest BCUT2D eigenvalue weighted by molar-refractivity contribution is 5.95. The van der Waals surface area contributed by atoms with Gasteiger partial charge in [0.2, 0.25) is 0 Å². The van der Waals surface area contributed by atoms with E-state index in [0.717, 1.165) is 18.4 Å². The lowest BCUT2D eigenvalue weighted by atomic mass is 10.0. The average molecular weight is 324 g/mol. The van der Waals surface area contributed by atoms with E-state index in [-0.39, 0.29) is 17.5 Å². The molecule has 0 atom stereocenters. The van der Waals surface area contributed by atoms with Gasteiger partial charge in [-0.1, -0.05) is 18.2 Å². The summed E-state index contributed by atoms with van der Waals surface area (Å²) >= 11 is 0. The maximum absolute atomic E-state index is 13.5. The number of nitriles is 1. The molecule has 1 amide bonds. The van der Waals surface area contributed by atoms with Crippen molar-refractivity contribution in [3.05, 3.63) is 59.4 Å². The van der Waals surface area contributed by atoms with Crippen LogP contribution >= 0.6 is 0 Å². The van der Waals surface area contributed by atoms with Crippen LogP contribution in [0.15, 0.2) is 42.5 Å². The summed E-state index contributed by atoms with van der Waals surface area (Å²) in [7, 11) is 0. The smallest absolute Gasteiger partial charge is 0.251 e. The number of rotatable bonds is 3. The minimum atomic E-state index is -0.547. The molecule has 1 N–H and O–H groups in total. The van der Waals surface area contributed by atoms with Gasteiger partial charge in [0.1, 0.15) is 11.9 Å². The normalized spacial score (nSPS) is 14.8. The molecule has 4 nitrogen and oxygen atoms in total. The van der Waals surface area contributed by atoms with Crippen LogP contribution in [0.3, 0.4) is 0 Å². The molecule has 2 aromatic carbocycles. The van der Waals surface area contributed by atoms with Gasteiger partial charge >= 0.3 is 0 Å². The largest absolute Gasteiger partial charge is 0.381 e. The van der Waals surface area contributed by atoms with Crippen LogP contribution in [0.2, 0.25) is 0 Å². The molecule has 0 unspecified atom stereocenters. The first kappa shape index (κ1) is 16.2. The summed E-state index contributed by atoms with van der Waals surface area (Å²) in [6, 6.07) is 13.4.